The minimum Gasteiger partial charge on any atom is -0.308 e. The fraction of sp³-hybridized carbons (Fsp3) is 0.200. The van der Waals surface area contributed by atoms with E-state index in [1.54, 1.807) is 0 Å². The summed E-state index contributed by atoms with van der Waals surface area (Å²) in [7, 11) is 0. The lowest BCUT2D eigenvalue weighted by molar-refractivity contribution is 0.591. The van der Waals surface area contributed by atoms with E-state index < -0.39 is 0 Å². The largest absolute Gasteiger partial charge is 0.308 e. The average molecular weight is 404 g/mol. The molecule has 140 valence electrons. The zero-order valence-corrected chi connectivity index (χ0v) is 18.1. The first-order valence-corrected chi connectivity index (χ1v) is 10.8. The Kier molecular flexibility index (Phi) is 3.88. The van der Waals surface area contributed by atoms with Crippen LogP contribution in [-0.2, 0) is 5.41 Å². The van der Waals surface area contributed by atoms with Crippen molar-refractivity contribution >= 4 is 54.1 Å². The van der Waals surface area contributed by atoms with Gasteiger partial charge in [0.2, 0.25) is 0 Å². The molecule has 0 saturated carbocycles. The third-order valence-corrected chi connectivity index (χ3v) is 6.84. The van der Waals surface area contributed by atoms with Crippen molar-refractivity contribution in [2.24, 2.45) is 0 Å². The van der Waals surface area contributed by atoms with Gasteiger partial charge in [0.05, 0.1) is 15.7 Å². The first-order chi connectivity index (χ1) is 13.3. The Hall–Kier alpha value is -2.29. The molecule has 2 heterocycles. The van der Waals surface area contributed by atoms with Crippen LogP contribution in [0.5, 0.6) is 0 Å². The van der Waals surface area contributed by atoms with Crippen LogP contribution in [0.3, 0.4) is 0 Å². The van der Waals surface area contributed by atoms with Gasteiger partial charge in [-0.15, -0.1) is 11.3 Å². The molecular formula is C25H22ClNS. The van der Waals surface area contributed by atoms with Crippen molar-refractivity contribution in [1.82, 2.24) is 4.57 Å². The quantitative estimate of drug-likeness (QED) is 0.265. The number of halogens is 1. The molecular weight excluding hydrogens is 382 g/mol. The summed E-state index contributed by atoms with van der Waals surface area (Å²) in [6.45, 7) is 8.91. The second-order valence-corrected chi connectivity index (χ2v) is 10.1. The zero-order valence-electron chi connectivity index (χ0n) is 16.5. The third-order valence-electron chi connectivity index (χ3n) is 5.43. The fourth-order valence-electron chi connectivity index (χ4n) is 4.05. The van der Waals surface area contributed by atoms with Gasteiger partial charge in [0.25, 0.3) is 0 Å². The summed E-state index contributed by atoms with van der Waals surface area (Å²) in [4.78, 5) is 0. The van der Waals surface area contributed by atoms with Gasteiger partial charge in [0, 0.05) is 26.2 Å². The smallest absolute Gasteiger partial charge is 0.0727 e. The molecule has 2 aromatic heterocycles. The molecule has 0 amide bonds. The van der Waals surface area contributed by atoms with Crippen LogP contribution in [0.4, 0.5) is 0 Å². The van der Waals surface area contributed by atoms with Crippen LogP contribution in [0.25, 0.3) is 36.9 Å². The minimum absolute atomic E-state index is 0.117. The molecule has 3 aromatic carbocycles. The van der Waals surface area contributed by atoms with Crippen molar-refractivity contribution in [3.8, 4) is 5.69 Å². The predicted molar refractivity (Wildman–Crippen MR) is 125 cm³/mol. The summed E-state index contributed by atoms with van der Waals surface area (Å²) < 4.78 is 5.05. The van der Waals surface area contributed by atoms with E-state index in [9.17, 15) is 0 Å². The Morgan fingerprint density at radius 3 is 2.43 bits per heavy atom. The lowest BCUT2D eigenvalue weighted by Gasteiger charge is -2.19. The molecule has 3 heteroatoms. The van der Waals surface area contributed by atoms with E-state index in [0.717, 1.165) is 10.7 Å². The number of thiophene rings is 1. The number of nitrogens with zero attached hydrogens (tertiary/aromatic N) is 1. The molecule has 5 rings (SSSR count). The number of hydrogen-bond donors (Lipinski definition) is 0. The van der Waals surface area contributed by atoms with Crippen molar-refractivity contribution in [2.75, 3.05) is 0 Å². The molecule has 0 aliphatic carbocycles. The van der Waals surface area contributed by atoms with Gasteiger partial charge < -0.3 is 4.57 Å². The van der Waals surface area contributed by atoms with Gasteiger partial charge in [-0.05, 0) is 59.9 Å². The van der Waals surface area contributed by atoms with Crippen LogP contribution in [0, 0.1) is 6.92 Å². The normalized spacial score (nSPS) is 12.5. The molecule has 0 radical (unpaired) electrons. The summed E-state index contributed by atoms with van der Waals surface area (Å²) >= 11 is 8.32. The summed E-state index contributed by atoms with van der Waals surface area (Å²) in [5, 5.41) is 3.39. The Morgan fingerprint density at radius 1 is 0.893 bits per heavy atom. The highest BCUT2D eigenvalue weighted by atomic mass is 35.5. The Labute approximate surface area is 174 Å². The van der Waals surface area contributed by atoms with Crippen molar-refractivity contribution in [3.63, 3.8) is 0 Å². The topological polar surface area (TPSA) is 4.93 Å². The number of hydrogen-bond acceptors (Lipinski definition) is 1. The highest BCUT2D eigenvalue weighted by Crippen LogP contribution is 2.43. The van der Waals surface area contributed by atoms with E-state index in [4.69, 9.17) is 11.6 Å². The van der Waals surface area contributed by atoms with Crippen molar-refractivity contribution in [1.29, 1.82) is 0 Å². The van der Waals surface area contributed by atoms with Crippen LogP contribution in [0.15, 0.2) is 60.7 Å². The van der Waals surface area contributed by atoms with Crippen molar-refractivity contribution in [2.45, 2.75) is 33.1 Å². The predicted octanol–water partition coefficient (Wildman–Crippen LogP) is 8.26. The molecule has 0 saturated heterocycles. The number of fused-ring (bicyclic) bond motifs is 5. The van der Waals surface area contributed by atoms with E-state index in [-0.39, 0.29) is 5.41 Å². The standard InChI is InChI=1S/C25H22ClNS/c1-15-11-17(26)14-18(12-15)27-21-10-9-16(25(2,3)4)13-20(21)24-23(27)19-7-5-6-8-22(19)28-24/h5-14H,1-4H3. The molecule has 0 aliphatic rings. The molecule has 0 unspecified atom stereocenters. The Morgan fingerprint density at radius 2 is 1.68 bits per heavy atom. The van der Waals surface area contributed by atoms with Gasteiger partial charge in [0.15, 0.2) is 0 Å². The van der Waals surface area contributed by atoms with Crippen LogP contribution in [0.1, 0.15) is 31.9 Å². The molecule has 0 fully saturated rings. The number of benzene rings is 3. The highest BCUT2D eigenvalue weighted by molar-refractivity contribution is 7.26. The van der Waals surface area contributed by atoms with Gasteiger partial charge in [-0.25, -0.2) is 0 Å². The van der Waals surface area contributed by atoms with Gasteiger partial charge in [0.1, 0.15) is 0 Å². The average Bonchev–Trinajstić information content (AvgIpc) is 3.14. The summed E-state index contributed by atoms with van der Waals surface area (Å²) in [6, 6.07) is 21.9. The first kappa shape index (κ1) is 17.8. The maximum Gasteiger partial charge on any atom is 0.0727 e. The Balaban J connectivity index is 1.99. The van der Waals surface area contributed by atoms with E-state index in [2.05, 4.69) is 86.9 Å². The van der Waals surface area contributed by atoms with E-state index in [0.29, 0.717) is 0 Å². The van der Waals surface area contributed by atoms with Crippen LogP contribution in [0.2, 0.25) is 5.02 Å². The van der Waals surface area contributed by atoms with Crippen molar-refractivity contribution in [3.05, 3.63) is 76.8 Å². The summed E-state index contributed by atoms with van der Waals surface area (Å²) in [5.74, 6) is 0. The third kappa shape index (κ3) is 2.67. The van der Waals surface area contributed by atoms with Gasteiger partial charge >= 0.3 is 0 Å². The summed E-state index contributed by atoms with van der Waals surface area (Å²) in [5.41, 5.74) is 6.29. The molecule has 0 spiro atoms. The maximum atomic E-state index is 6.44. The monoisotopic (exact) mass is 403 g/mol. The van der Waals surface area contributed by atoms with Crippen LogP contribution in [-0.4, -0.2) is 4.57 Å². The summed E-state index contributed by atoms with van der Waals surface area (Å²) in [6.07, 6.45) is 0. The van der Waals surface area contributed by atoms with E-state index in [1.165, 1.54) is 42.3 Å². The molecule has 0 N–H and O–H groups in total. The second-order valence-electron chi connectivity index (χ2n) is 8.58. The van der Waals surface area contributed by atoms with Crippen LogP contribution < -0.4 is 0 Å². The zero-order chi connectivity index (χ0) is 19.6. The van der Waals surface area contributed by atoms with Gasteiger partial charge in [-0.3, -0.25) is 0 Å². The SMILES string of the molecule is Cc1cc(Cl)cc(-n2c3ccc(C(C)(C)C)cc3c3sc4ccccc4c32)c1. The number of aromatic nitrogens is 1. The first-order valence-electron chi connectivity index (χ1n) is 9.57. The second kappa shape index (κ2) is 6.10. The lowest BCUT2D eigenvalue weighted by atomic mass is 9.86. The van der Waals surface area contributed by atoms with Crippen LogP contribution >= 0.6 is 22.9 Å². The van der Waals surface area contributed by atoms with Gasteiger partial charge in [-0.1, -0.05) is 56.6 Å². The van der Waals surface area contributed by atoms with Gasteiger partial charge in [-0.2, -0.15) is 0 Å². The van der Waals surface area contributed by atoms with E-state index in [1.807, 2.05) is 17.4 Å². The van der Waals surface area contributed by atoms with Crippen molar-refractivity contribution < 1.29 is 0 Å². The Bertz CT molecular complexity index is 1340. The molecule has 28 heavy (non-hydrogen) atoms. The number of rotatable bonds is 1. The highest BCUT2D eigenvalue weighted by Gasteiger charge is 2.21. The molecule has 0 atom stereocenters. The fourth-order valence-corrected chi connectivity index (χ4v) is 5.55. The molecule has 1 nitrogen and oxygen atoms in total. The molecule has 5 aromatic rings. The minimum atomic E-state index is 0.117. The lowest BCUT2D eigenvalue weighted by Crippen LogP contribution is -2.10. The molecule has 0 aliphatic heterocycles. The number of aryl methyl sites for hydroxylation is 1. The maximum absolute atomic E-state index is 6.44. The molecule has 0 bridgehead atoms. The van der Waals surface area contributed by atoms with E-state index >= 15 is 0 Å².